The van der Waals surface area contributed by atoms with Gasteiger partial charge in [-0.15, -0.1) is 0 Å². The van der Waals surface area contributed by atoms with Crippen molar-refractivity contribution in [1.29, 1.82) is 0 Å². The van der Waals surface area contributed by atoms with Crippen molar-refractivity contribution in [1.82, 2.24) is 0 Å². The summed E-state index contributed by atoms with van der Waals surface area (Å²) in [5.74, 6) is -0.359. The summed E-state index contributed by atoms with van der Waals surface area (Å²) in [6, 6.07) is 15.2. The van der Waals surface area contributed by atoms with Gasteiger partial charge in [-0.05, 0) is 40.8 Å². The number of rotatable bonds is 3. The second-order valence-corrected chi connectivity index (χ2v) is 6.78. The minimum atomic E-state index is -0.359. The molecule has 3 nitrogen and oxygen atoms in total. The summed E-state index contributed by atoms with van der Waals surface area (Å²) in [5.41, 5.74) is 3.28. The fourth-order valence-corrected chi connectivity index (χ4v) is 3.59. The number of benzene rings is 3. The average Bonchev–Trinajstić information content (AvgIpc) is 2.58. The number of carbonyl (C=O) groups excluding carboxylic acids is 1. The molecule has 0 unspecified atom stereocenters. The first kappa shape index (κ1) is 17.6. The van der Waals surface area contributed by atoms with Crippen LogP contribution in [-0.4, -0.2) is 27.2 Å². The Morgan fingerprint density at radius 3 is 2.24 bits per heavy atom. The Hall–Kier alpha value is -2.23. The first-order valence-electron chi connectivity index (χ1n) is 7.70. The highest BCUT2D eigenvalue weighted by Crippen LogP contribution is 2.37. The number of esters is 1. The number of carbonyl (C=O) groups is 1. The molecule has 25 heavy (non-hydrogen) atoms. The van der Waals surface area contributed by atoms with Crippen LogP contribution in [0.25, 0.3) is 21.9 Å². The number of halogens is 2. The predicted molar refractivity (Wildman–Crippen MR) is 105 cm³/mol. The summed E-state index contributed by atoms with van der Waals surface area (Å²) < 4.78 is 4.92. The van der Waals surface area contributed by atoms with Crippen LogP contribution in [0.2, 0.25) is 10.0 Å². The van der Waals surface area contributed by atoms with Gasteiger partial charge in [0.25, 0.3) is 0 Å². The zero-order valence-electron chi connectivity index (χ0n) is 14.1. The average molecular weight is 374 g/mol. The van der Waals surface area contributed by atoms with E-state index in [9.17, 15) is 4.79 Å². The van der Waals surface area contributed by atoms with E-state index < -0.39 is 0 Å². The van der Waals surface area contributed by atoms with Gasteiger partial charge in [-0.3, -0.25) is 0 Å². The highest BCUT2D eigenvalue weighted by Gasteiger charge is 2.18. The molecule has 128 valence electrons. The third kappa shape index (κ3) is 3.30. The summed E-state index contributed by atoms with van der Waals surface area (Å²) >= 11 is 12.3. The Morgan fingerprint density at radius 1 is 0.960 bits per heavy atom. The van der Waals surface area contributed by atoms with E-state index in [1.54, 1.807) is 12.1 Å². The van der Waals surface area contributed by atoms with E-state index >= 15 is 0 Å². The number of ether oxygens (including phenoxy) is 1. The van der Waals surface area contributed by atoms with Crippen molar-refractivity contribution in [2.45, 2.75) is 0 Å². The molecular weight excluding hydrogens is 357 g/mol. The lowest BCUT2D eigenvalue weighted by molar-refractivity contribution is 0.0601. The molecule has 0 aromatic heterocycles. The highest BCUT2D eigenvalue weighted by atomic mass is 35.5. The van der Waals surface area contributed by atoms with Crippen LogP contribution in [0.3, 0.4) is 0 Å². The molecule has 0 amide bonds. The van der Waals surface area contributed by atoms with Crippen LogP contribution in [-0.2, 0) is 4.74 Å². The normalized spacial score (nSPS) is 10.8. The fourth-order valence-electron chi connectivity index (χ4n) is 3.06. The molecule has 5 heteroatoms. The lowest BCUT2D eigenvalue weighted by Gasteiger charge is -2.20. The Bertz CT molecular complexity index is 947. The standard InChI is InChI=1S/C20H17Cl2NO2/c1-23(2)19-17-6-4-5-15(12-9-13(21)11-14(22)10-12)16(17)7-8-18(19)20(24)25-3/h4-11H,1-3H3. The summed E-state index contributed by atoms with van der Waals surface area (Å²) in [7, 11) is 5.20. The zero-order chi connectivity index (χ0) is 18.1. The van der Waals surface area contributed by atoms with E-state index in [1.807, 2.05) is 55.4 Å². The smallest absolute Gasteiger partial charge is 0.339 e. The molecule has 3 aromatic rings. The molecule has 0 aliphatic rings. The van der Waals surface area contributed by atoms with Crippen molar-refractivity contribution in [2.75, 3.05) is 26.1 Å². The van der Waals surface area contributed by atoms with Gasteiger partial charge < -0.3 is 9.64 Å². The van der Waals surface area contributed by atoms with Gasteiger partial charge in [0, 0.05) is 29.5 Å². The SMILES string of the molecule is COC(=O)c1ccc2c(-c3cc(Cl)cc(Cl)c3)cccc2c1N(C)C. The zero-order valence-corrected chi connectivity index (χ0v) is 15.7. The van der Waals surface area contributed by atoms with Gasteiger partial charge in [0.2, 0.25) is 0 Å². The summed E-state index contributed by atoms with van der Waals surface area (Å²) in [5, 5.41) is 3.13. The second-order valence-electron chi connectivity index (χ2n) is 5.91. The van der Waals surface area contributed by atoms with Crippen molar-refractivity contribution < 1.29 is 9.53 Å². The predicted octanol–water partition coefficient (Wildman–Crippen LogP) is 5.67. The third-order valence-electron chi connectivity index (χ3n) is 4.06. The van der Waals surface area contributed by atoms with Crippen molar-refractivity contribution >= 4 is 45.6 Å². The molecule has 0 N–H and O–H groups in total. The molecule has 0 aliphatic heterocycles. The number of nitrogens with zero attached hydrogens (tertiary/aromatic N) is 1. The molecule has 3 aromatic carbocycles. The van der Waals surface area contributed by atoms with Crippen molar-refractivity contribution in [3.8, 4) is 11.1 Å². The minimum absolute atomic E-state index is 0.359. The summed E-state index contributed by atoms with van der Waals surface area (Å²) in [6.45, 7) is 0. The van der Waals surface area contributed by atoms with Crippen LogP contribution < -0.4 is 4.90 Å². The quantitative estimate of drug-likeness (QED) is 0.554. The Morgan fingerprint density at radius 2 is 1.64 bits per heavy atom. The number of hydrogen-bond acceptors (Lipinski definition) is 3. The van der Waals surface area contributed by atoms with E-state index in [0.717, 1.165) is 27.6 Å². The van der Waals surface area contributed by atoms with Gasteiger partial charge in [-0.2, -0.15) is 0 Å². The number of hydrogen-bond donors (Lipinski definition) is 0. The maximum absolute atomic E-state index is 12.1. The van der Waals surface area contributed by atoms with Gasteiger partial charge >= 0.3 is 5.97 Å². The minimum Gasteiger partial charge on any atom is -0.465 e. The van der Waals surface area contributed by atoms with Gasteiger partial charge in [-0.25, -0.2) is 4.79 Å². The van der Waals surface area contributed by atoms with E-state index in [2.05, 4.69) is 0 Å². The fraction of sp³-hybridized carbons (Fsp3) is 0.150. The van der Waals surface area contributed by atoms with Gasteiger partial charge in [0.15, 0.2) is 0 Å². The first-order valence-corrected chi connectivity index (χ1v) is 8.46. The van der Waals surface area contributed by atoms with E-state index in [4.69, 9.17) is 27.9 Å². The molecule has 0 fully saturated rings. The van der Waals surface area contributed by atoms with E-state index in [1.165, 1.54) is 7.11 Å². The van der Waals surface area contributed by atoms with Gasteiger partial charge in [0.1, 0.15) is 0 Å². The maximum atomic E-state index is 12.1. The monoisotopic (exact) mass is 373 g/mol. The van der Waals surface area contributed by atoms with Crippen LogP contribution >= 0.6 is 23.2 Å². The maximum Gasteiger partial charge on any atom is 0.339 e. The molecule has 0 spiro atoms. The van der Waals surface area contributed by atoms with Gasteiger partial charge in [0.05, 0.1) is 18.4 Å². The molecule has 0 aliphatic carbocycles. The number of fused-ring (bicyclic) bond motifs is 1. The van der Waals surface area contributed by atoms with Crippen molar-refractivity contribution in [3.05, 3.63) is 64.1 Å². The summed E-state index contributed by atoms with van der Waals surface area (Å²) in [4.78, 5) is 14.1. The lowest BCUT2D eigenvalue weighted by Crippen LogP contribution is -2.15. The van der Waals surface area contributed by atoms with Crippen LogP contribution in [0.15, 0.2) is 48.5 Å². The third-order valence-corrected chi connectivity index (χ3v) is 4.50. The Kier molecular flexibility index (Phi) is 4.89. The van der Waals surface area contributed by atoms with Crippen LogP contribution in [0.4, 0.5) is 5.69 Å². The number of anilines is 1. The van der Waals surface area contributed by atoms with E-state index in [0.29, 0.717) is 15.6 Å². The summed E-state index contributed by atoms with van der Waals surface area (Å²) in [6.07, 6.45) is 0. The molecule has 0 radical (unpaired) electrons. The number of methoxy groups -OCH3 is 1. The second kappa shape index (κ2) is 6.95. The Balaban J connectivity index is 2.34. The van der Waals surface area contributed by atoms with E-state index in [-0.39, 0.29) is 5.97 Å². The van der Waals surface area contributed by atoms with Gasteiger partial charge in [-0.1, -0.05) is 47.5 Å². The molecule has 0 heterocycles. The van der Waals surface area contributed by atoms with Crippen LogP contribution in [0.5, 0.6) is 0 Å². The molecule has 0 saturated heterocycles. The molecule has 0 bridgehead atoms. The molecular formula is C20H17Cl2NO2. The van der Waals surface area contributed by atoms with Crippen molar-refractivity contribution in [3.63, 3.8) is 0 Å². The van der Waals surface area contributed by atoms with Crippen LogP contribution in [0, 0.1) is 0 Å². The highest BCUT2D eigenvalue weighted by molar-refractivity contribution is 6.35. The van der Waals surface area contributed by atoms with Crippen LogP contribution in [0.1, 0.15) is 10.4 Å². The Labute approximate surface area is 156 Å². The topological polar surface area (TPSA) is 29.5 Å². The largest absolute Gasteiger partial charge is 0.465 e. The first-order chi connectivity index (χ1) is 11.9. The van der Waals surface area contributed by atoms with Crippen molar-refractivity contribution in [2.24, 2.45) is 0 Å². The molecule has 0 atom stereocenters. The lowest BCUT2D eigenvalue weighted by atomic mass is 9.95. The molecule has 0 saturated carbocycles. The molecule has 3 rings (SSSR count).